The minimum Gasteiger partial charge on any atom is -0.351 e. The molecule has 0 fully saturated rings. The first-order valence-electron chi connectivity index (χ1n) is 6.76. The van der Waals surface area contributed by atoms with E-state index in [1.807, 2.05) is 13.8 Å². The van der Waals surface area contributed by atoms with E-state index in [9.17, 15) is 13.2 Å². The summed E-state index contributed by atoms with van der Waals surface area (Å²) in [5, 5.41) is 2.59. The van der Waals surface area contributed by atoms with Crippen molar-refractivity contribution in [2.75, 3.05) is 23.5 Å². The van der Waals surface area contributed by atoms with Crippen LogP contribution >= 0.6 is 0 Å². The molecule has 0 atom stereocenters. The molecule has 0 saturated carbocycles. The smallest absolute Gasteiger partial charge is 0.251 e. The van der Waals surface area contributed by atoms with Gasteiger partial charge in [-0.1, -0.05) is 20.8 Å². The number of rotatable bonds is 7. The zero-order valence-corrected chi connectivity index (χ0v) is 13.3. The van der Waals surface area contributed by atoms with Crippen molar-refractivity contribution in [2.24, 2.45) is 5.84 Å². The molecule has 1 aromatic rings. The number of nitrogen functional groups attached to an aromatic ring is 1. The summed E-state index contributed by atoms with van der Waals surface area (Å²) in [5.74, 6) is 5.53. The first-order chi connectivity index (χ1) is 9.79. The molecule has 1 aromatic heterocycles. The second kappa shape index (κ2) is 7.37. The molecule has 0 radical (unpaired) electrons. The number of carbonyl (C=O) groups is 1. The minimum atomic E-state index is -3.09. The number of sulfone groups is 1. The lowest BCUT2D eigenvalue weighted by molar-refractivity contribution is 0.0956. The van der Waals surface area contributed by atoms with Gasteiger partial charge in [0.05, 0.1) is 5.75 Å². The van der Waals surface area contributed by atoms with Crippen LogP contribution in [0.25, 0.3) is 0 Å². The van der Waals surface area contributed by atoms with Gasteiger partial charge in [0.2, 0.25) is 0 Å². The van der Waals surface area contributed by atoms with Crippen molar-refractivity contribution in [3.63, 3.8) is 0 Å². The molecular formula is C13H22N4O3S. The summed E-state index contributed by atoms with van der Waals surface area (Å²) < 4.78 is 22.7. The van der Waals surface area contributed by atoms with Gasteiger partial charge in [-0.3, -0.25) is 4.79 Å². The highest BCUT2D eigenvalue weighted by Gasteiger charge is 2.13. The number of nitrogens with two attached hydrogens (primary N) is 1. The van der Waals surface area contributed by atoms with E-state index in [0.717, 1.165) is 5.69 Å². The van der Waals surface area contributed by atoms with E-state index in [1.54, 1.807) is 13.0 Å². The maximum absolute atomic E-state index is 12.1. The van der Waals surface area contributed by atoms with E-state index in [1.165, 1.54) is 6.07 Å². The van der Waals surface area contributed by atoms with Gasteiger partial charge in [-0.25, -0.2) is 19.2 Å². The van der Waals surface area contributed by atoms with Crippen LogP contribution < -0.4 is 16.6 Å². The predicted molar refractivity (Wildman–Crippen MR) is 82.8 cm³/mol. The molecule has 0 aliphatic carbocycles. The van der Waals surface area contributed by atoms with E-state index in [0.29, 0.717) is 11.4 Å². The Kier molecular flexibility index (Phi) is 6.10. The standard InChI is InChI=1S/C13H22N4O3S/c1-4-21(19,20)6-5-15-13(18)10-7-11(9(2)3)16-12(8-10)17-14/h7-9H,4-6,14H2,1-3H3,(H,15,18)(H,16,17). The maximum Gasteiger partial charge on any atom is 0.251 e. The van der Waals surface area contributed by atoms with Gasteiger partial charge in [0.15, 0.2) is 9.84 Å². The predicted octanol–water partition coefficient (Wildman–Crippen LogP) is 0.655. The summed E-state index contributed by atoms with van der Waals surface area (Å²) in [6.45, 7) is 5.57. The van der Waals surface area contributed by atoms with E-state index in [4.69, 9.17) is 5.84 Å². The summed E-state index contributed by atoms with van der Waals surface area (Å²) in [6.07, 6.45) is 0. The Morgan fingerprint density at radius 3 is 2.57 bits per heavy atom. The van der Waals surface area contributed by atoms with Crippen LogP contribution in [-0.4, -0.2) is 37.4 Å². The molecule has 1 rings (SSSR count). The van der Waals surface area contributed by atoms with Gasteiger partial charge in [0.25, 0.3) is 5.91 Å². The number of hydrazine groups is 1. The van der Waals surface area contributed by atoms with Gasteiger partial charge in [0.1, 0.15) is 5.82 Å². The Labute approximate surface area is 125 Å². The monoisotopic (exact) mass is 314 g/mol. The quantitative estimate of drug-likeness (QED) is 0.503. The van der Waals surface area contributed by atoms with Crippen molar-refractivity contribution >= 4 is 21.6 Å². The van der Waals surface area contributed by atoms with Crippen LogP contribution in [0.4, 0.5) is 5.82 Å². The molecule has 0 saturated heterocycles. The van der Waals surface area contributed by atoms with Crippen molar-refractivity contribution in [3.8, 4) is 0 Å². The number of aromatic nitrogens is 1. The molecule has 0 spiro atoms. The van der Waals surface area contributed by atoms with Crippen molar-refractivity contribution in [3.05, 3.63) is 23.4 Å². The SMILES string of the molecule is CCS(=O)(=O)CCNC(=O)c1cc(NN)nc(C(C)C)c1. The molecule has 0 aliphatic heterocycles. The molecule has 1 heterocycles. The van der Waals surface area contributed by atoms with Gasteiger partial charge < -0.3 is 10.7 Å². The molecular weight excluding hydrogens is 292 g/mol. The summed E-state index contributed by atoms with van der Waals surface area (Å²) in [5.41, 5.74) is 3.55. The number of nitrogens with one attached hydrogen (secondary N) is 2. The number of amides is 1. The van der Waals surface area contributed by atoms with Gasteiger partial charge in [-0.2, -0.15) is 0 Å². The molecule has 1 amide bonds. The van der Waals surface area contributed by atoms with Crippen LogP contribution in [0.5, 0.6) is 0 Å². The fourth-order valence-electron chi connectivity index (χ4n) is 1.62. The van der Waals surface area contributed by atoms with Crippen LogP contribution in [0.15, 0.2) is 12.1 Å². The summed E-state index contributed by atoms with van der Waals surface area (Å²) in [4.78, 5) is 16.3. The zero-order chi connectivity index (χ0) is 16.0. The summed E-state index contributed by atoms with van der Waals surface area (Å²) >= 11 is 0. The van der Waals surface area contributed by atoms with Gasteiger partial charge >= 0.3 is 0 Å². The molecule has 0 aromatic carbocycles. The summed E-state index contributed by atoms with van der Waals surface area (Å²) in [6, 6.07) is 3.20. The second-order valence-corrected chi connectivity index (χ2v) is 7.43. The normalized spacial score (nSPS) is 11.5. The van der Waals surface area contributed by atoms with E-state index in [-0.39, 0.29) is 29.9 Å². The first kappa shape index (κ1) is 17.4. The molecule has 8 heteroatoms. The maximum atomic E-state index is 12.1. The van der Waals surface area contributed by atoms with Crippen LogP contribution in [0.3, 0.4) is 0 Å². The highest BCUT2D eigenvalue weighted by atomic mass is 32.2. The lowest BCUT2D eigenvalue weighted by Gasteiger charge is -2.11. The van der Waals surface area contributed by atoms with Crippen molar-refractivity contribution in [2.45, 2.75) is 26.7 Å². The Morgan fingerprint density at radius 1 is 1.38 bits per heavy atom. The average Bonchev–Trinajstić information content (AvgIpc) is 2.46. The topological polar surface area (TPSA) is 114 Å². The van der Waals surface area contributed by atoms with Crippen molar-refractivity contribution in [1.82, 2.24) is 10.3 Å². The third kappa shape index (κ3) is 5.31. The van der Waals surface area contributed by atoms with Crippen molar-refractivity contribution < 1.29 is 13.2 Å². The van der Waals surface area contributed by atoms with E-state index >= 15 is 0 Å². The lowest BCUT2D eigenvalue weighted by Crippen LogP contribution is -2.30. The molecule has 0 aliphatic rings. The number of hydrogen-bond donors (Lipinski definition) is 3. The second-order valence-electron chi connectivity index (χ2n) is 4.96. The molecule has 21 heavy (non-hydrogen) atoms. The highest BCUT2D eigenvalue weighted by Crippen LogP contribution is 2.17. The fraction of sp³-hybridized carbons (Fsp3) is 0.538. The fourth-order valence-corrected chi connectivity index (χ4v) is 2.32. The van der Waals surface area contributed by atoms with E-state index < -0.39 is 9.84 Å². The molecule has 118 valence electrons. The molecule has 4 N–H and O–H groups in total. The Hall–Kier alpha value is -1.67. The lowest BCUT2D eigenvalue weighted by atomic mass is 10.1. The Balaban J connectivity index is 2.80. The van der Waals surface area contributed by atoms with Crippen LogP contribution in [0.1, 0.15) is 42.7 Å². The Bertz CT molecular complexity index is 599. The first-order valence-corrected chi connectivity index (χ1v) is 8.58. The van der Waals surface area contributed by atoms with Crippen LogP contribution in [-0.2, 0) is 9.84 Å². The minimum absolute atomic E-state index is 0.0663. The number of carbonyl (C=O) groups excluding carboxylic acids is 1. The number of nitrogens with zero attached hydrogens (tertiary/aromatic N) is 1. The zero-order valence-electron chi connectivity index (χ0n) is 12.5. The number of anilines is 1. The molecule has 7 nitrogen and oxygen atoms in total. The summed E-state index contributed by atoms with van der Waals surface area (Å²) in [7, 11) is -3.09. The third-order valence-electron chi connectivity index (χ3n) is 2.99. The number of hydrogen-bond acceptors (Lipinski definition) is 6. The molecule has 0 bridgehead atoms. The van der Waals surface area contributed by atoms with E-state index in [2.05, 4.69) is 15.7 Å². The Morgan fingerprint density at radius 2 is 2.05 bits per heavy atom. The van der Waals surface area contributed by atoms with Crippen molar-refractivity contribution in [1.29, 1.82) is 0 Å². The van der Waals surface area contributed by atoms with Gasteiger partial charge in [-0.15, -0.1) is 0 Å². The highest BCUT2D eigenvalue weighted by molar-refractivity contribution is 7.91. The van der Waals surface area contributed by atoms with Crippen LogP contribution in [0, 0.1) is 0 Å². The molecule has 0 unspecified atom stereocenters. The largest absolute Gasteiger partial charge is 0.351 e. The van der Waals surface area contributed by atoms with Gasteiger partial charge in [0, 0.05) is 23.6 Å². The van der Waals surface area contributed by atoms with Gasteiger partial charge in [-0.05, 0) is 18.1 Å². The number of pyridine rings is 1. The average molecular weight is 314 g/mol. The third-order valence-corrected chi connectivity index (χ3v) is 4.69. The van der Waals surface area contributed by atoms with Crippen LogP contribution in [0.2, 0.25) is 0 Å².